The minimum Gasteiger partial charge on any atom is -0.342 e. The molecule has 4 nitrogen and oxygen atoms in total. The summed E-state index contributed by atoms with van der Waals surface area (Å²) in [5.41, 5.74) is 0. The standard InChI is InChI=1S/C14H26N2O2/c15-18-11-8-12-6-9-16(10-7-12)14(17)13-4-2-1-3-5-13/h12-13H,1-11,15H2. The average molecular weight is 254 g/mol. The summed E-state index contributed by atoms with van der Waals surface area (Å²) < 4.78 is 0. The van der Waals surface area contributed by atoms with Crippen LogP contribution in [-0.2, 0) is 9.63 Å². The molecule has 0 aromatic heterocycles. The molecule has 0 unspecified atom stereocenters. The largest absolute Gasteiger partial charge is 0.342 e. The van der Waals surface area contributed by atoms with Crippen molar-refractivity contribution in [3.8, 4) is 0 Å². The fraction of sp³-hybridized carbons (Fsp3) is 0.929. The fourth-order valence-electron chi connectivity index (χ4n) is 3.28. The number of amides is 1. The number of rotatable bonds is 4. The summed E-state index contributed by atoms with van der Waals surface area (Å²) >= 11 is 0. The lowest BCUT2D eigenvalue weighted by atomic mass is 9.87. The van der Waals surface area contributed by atoms with E-state index in [4.69, 9.17) is 5.90 Å². The second-order valence-corrected chi connectivity index (χ2v) is 5.76. The summed E-state index contributed by atoms with van der Waals surface area (Å²) in [6.45, 7) is 2.51. The quantitative estimate of drug-likeness (QED) is 0.782. The van der Waals surface area contributed by atoms with Gasteiger partial charge in [-0.2, -0.15) is 0 Å². The first kappa shape index (κ1) is 13.8. The Bertz CT molecular complexity index is 257. The number of nitrogens with two attached hydrogens (primary N) is 1. The molecule has 4 heteroatoms. The van der Waals surface area contributed by atoms with E-state index in [1.54, 1.807) is 0 Å². The molecule has 1 aliphatic carbocycles. The Morgan fingerprint density at radius 1 is 1.11 bits per heavy atom. The minimum absolute atomic E-state index is 0.322. The van der Waals surface area contributed by atoms with Crippen molar-refractivity contribution in [3.05, 3.63) is 0 Å². The molecule has 0 atom stereocenters. The van der Waals surface area contributed by atoms with Crippen LogP contribution in [0.3, 0.4) is 0 Å². The molecule has 0 spiro atoms. The van der Waals surface area contributed by atoms with Crippen LogP contribution < -0.4 is 5.90 Å². The lowest BCUT2D eigenvalue weighted by molar-refractivity contribution is -0.138. The molecule has 0 bridgehead atoms. The van der Waals surface area contributed by atoms with Gasteiger partial charge in [-0.1, -0.05) is 19.3 Å². The lowest BCUT2D eigenvalue weighted by Crippen LogP contribution is -2.42. The smallest absolute Gasteiger partial charge is 0.225 e. The summed E-state index contributed by atoms with van der Waals surface area (Å²) in [7, 11) is 0. The van der Waals surface area contributed by atoms with Crippen LogP contribution in [0.4, 0.5) is 0 Å². The maximum absolute atomic E-state index is 12.4. The second-order valence-electron chi connectivity index (χ2n) is 5.76. The topological polar surface area (TPSA) is 55.6 Å². The van der Waals surface area contributed by atoms with Crippen molar-refractivity contribution in [3.63, 3.8) is 0 Å². The highest BCUT2D eigenvalue weighted by molar-refractivity contribution is 5.79. The molecule has 18 heavy (non-hydrogen) atoms. The Morgan fingerprint density at radius 3 is 2.39 bits per heavy atom. The Labute approximate surface area is 110 Å². The van der Waals surface area contributed by atoms with Crippen molar-refractivity contribution in [1.29, 1.82) is 0 Å². The van der Waals surface area contributed by atoms with Gasteiger partial charge in [-0.25, -0.2) is 5.90 Å². The van der Waals surface area contributed by atoms with Crippen LogP contribution in [0.5, 0.6) is 0 Å². The lowest BCUT2D eigenvalue weighted by Gasteiger charge is -2.35. The molecular formula is C14H26N2O2. The van der Waals surface area contributed by atoms with E-state index in [9.17, 15) is 4.79 Å². The van der Waals surface area contributed by atoms with Crippen LogP contribution in [-0.4, -0.2) is 30.5 Å². The van der Waals surface area contributed by atoms with Crippen LogP contribution >= 0.6 is 0 Å². The Hall–Kier alpha value is -0.610. The van der Waals surface area contributed by atoms with E-state index in [2.05, 4.69) is 9.74 Å². The summed E-state index contributed by atoms with van der Waals surface area (Å²) in [6.07, 6.45) is 9.26. The van der Waals surface area contributed by atoms with Gasteiger partial charge in [-0.3, -0.25) is 4.79 Å². The predicted octanol–water partition coefficient (Wildman–Crippen LogP) is 2.09. The van der Waals surface area contributed by atoms with Gasteiger partial charge in [0.15, 0.2) is 0 Å². The van der Waals surface area contributed by atoms with Gasteiger partial charge < -0.3 is 9.74 Å². The van der Waals surface area contributed by atoms with Gasteiger partial charge in [0.2, 0.25) is 5.91 Å². The van der Waals surface area contributed by atoms with Crippen molar-refractivity contribution >= 4 is 5.91 Å². The zero-order valence-electron chi connectivity index (χ0n) is 11.3. The van der Waals surface area contributed by atoms with E-state index >= 15 is 0 Å². The normalized spacial score (nSPS) is 23.3. The van der Waals surface area contributed by atoms with Gasteiger partial charge in [-0.15, -0.1) is 0 Å². The van der Waals surface area contributed by atoms with E-state index in [1.807, 2.05) is 0 Å². The third-order valence-electron chi connectivity index (χ3n) is 4.52. The summed E-state index contributed by atoms with van der Waals surface area (Å²) in [5, 5.41) is 0. The zero-order chi connectivity index (χ0) is 12.8. The Morgan fingerprint density at radius 2 is 1.78 bits per heavy atom. The van der Waals surface area contributed by atoms with Gasteiger partial charge in [0.25, 0.3) is 0 Å². The number of hydrogen-bond donors (Lipinski definition) is 1. The fourth-order valence-corrected chi connectivity index (χ4v) is 3.28. The molecule has 1 saturated carbocycles. The second kappa shape index (κ2) is 7.10. The highest BCUT2D eigenvalue weighted by atomic mass is 16.6. The number of likely N-dealkylation sites (tertiary alicyclic amines) is 1. The maximum atomic E-state index is 12.4. The molecule has 0 radical (unpaired) electrons. The highest BCUT2D eigenvalue weighted by Gasteiger charge is 2.28. The van der Waals surface area contributed by atoms with Gasteiger partial charge in [0.1, 0.15) is 0 Å². The molecule has 1 heterocycles. The number of piperidine rings is 1. The molecule has 0 aromatic carbocycles. The molecular weight excluding hydrogens is 228 g/mol. The maximum Gasteiger partial charge on any atom is 0.225 e. The van der Waals surface area contributed by atoms with Gasteiger partial charge >= 0.3 is 0 Å². The summed E-state index contributed by atoms with van der Waals surface area (Å²) in [6, 6.07) is 0. The average Bonchev–Trinajstić information content (AvgIpc) is 2.46. The SMILES string of the molecule is NOCCC1CCN(C(=O)C2CCCCC2)CC1. The van der Waals surface area contributed by atoms with E-state index < -0.39 is 0 Å². The van der Waals surface area contributed by atoms with Crippen LogP contribution in [0.1, 0.15) is 51.4 Å². The van der Waals surface area contributed by atoms with Gasteiger partial charge in [-0.05, 0) is 38.0 Å². The van der Waals surface area contributed by atoms with Crippen LogP contribution in [0, 0.1) is 11.8 Å². The molecule has 104 valence electrons. The van der Waals surface area contributed by atoms with E-state index in [-0.39, 0.29) is 0 Å². The molecule has 2 aliphatic rings. The molecule has 1 saturated heterocycles. The third kappa shape index (κ3) is 3.69. The van der Waals surface area contributed by atoms with Crippen LogP contribution in [0.25, 0.3) is 0 Å². The first-order chi connectivity index (χ1) is 8.81. The molecule has 2 rings (SSSR count). The van der Waals surface area contributed by atoms with Crippen LogP contribution in [0.2, 0.25) is 0 Å². The number of carbonyl (C=O) groups excluding carboxylic acids is 1. The molecule has 1 aliphatic heterocycles. The van der Waals surface area contributed by atoms with Gasteiger partial charge in [0, 0.05) is 19.0 Å². The Kier molecular flexibility index (Phi) is 5.45. The van der Waals surface area contributed by atoms with E-state index in [1.165, 1.54) is 19.3 Å². The zero-order valence-corrected chi connectivity index (χ0v) is 11.3. The first-order valence-electron chi connectivity index (χ1n) is 7.41. The van der Waals surface area contributed by atoms with Crippen molar-refractivity contribution in [2.45, 2.75) is 51.4 Å². The van der Waals surface area contributed by atoms with Crippen molar-refractivity contribution in [2.75, 3.05) is 19.7 Å². The molecule has 2 fully saturated rings. The summed E-state index contributed by atoms with van der Waals surface area (Å²) in [4.78, 5) is 19.1. The predicted molar refractivity (Wildman–Crippen MR) is 70.6 cm³/mol. The highest BCUT2D eigenvalue weighted by Crippen LogP contribution is 2.28. The molecule has 1 amide bonds. The number of hydrogen-bond acceptors (Lipinski definition) is 3. The molecule has 0 aromatic rings. The number of carbonyl (C=O) groups is 1. The first-order valence-corrected chi connectivity index (χ1v) is 7.41. The summed E-state index contributed by atoms with van der Waals surface area (Å²) in [5.74, 6) is 6.48. The van der Waals surface area contributed by atoms with Gasteiger partial charge in [0.05, 0.1) is 6.61 Å². The molecule has 2 N–H and O–H groups in total. The van der Waals surface area contributed by atoms with Crippen molar-refractivity contribution in [2.24, 2.45) is 17.7 Å². The third-order valence-corrected chi connectivity index (χ3v) is 4.52. The van der Waals surface area contributed by atoms with Crippen molar-refractivity contribution < 1.29 is 9.63 Å². The van der Waals surface area contributed by atoms with Crippen LogP contribution in [0.15, 0.2) is 0 Å². The Balaban J connectivity index is 1.73. The van der Waals surface area contributed by atoms with E-state index in [0.717, 1.165) is 45.2 Å². The van der Waals surface area contributed by atoms with E-state index in [0.29, 0.717) is 24.3 Å². The van der Waals surface area contributed by atoms with Crippen molar-refractivity contribution in [1.82, 2.24) is 4.90 Å². The minimum atomic E-state index is 0.322. The number of nitrogens with zero attached hydrogens (tertiary/aromatic N) is 1. The monoisotopic (exact) mass is 254 g/mol.